The first kappa shape index (κ1) is 24.7. The minimum absolute atomic E-state index is 0.109. The number of carbonyl (C=O) groups excluding carboxylic acids is 1. The van der Waals surface area contributed by atoms with Crippen molar-refractivity contribution in [3.8, 4) is 11.1 Å². The van der Waals surface area contributed by atoms with Crippen molar-refractivity contribution in [2.75, 3.05) is 10.2 Å². The highest BCUT2D eigenvalue weighted by atomic mass is 19.1. The number of nitrogens with one attached hydrogen (secondary N) is 1. The summed E-state index contributed by atoms with van der Waals surface area (Å²) in [6.45, 7) is 10.7. The first-order valence-electron chi connectivity index (χ1n) is 12.2. The predicted octanol–water partition coefficient (Wildman–Crippen LogP) is 8.19. The molecule has 0 radical (unpaired) electrons. The number of nitrogens with zero attached hydrogens (tertiary/aromatic N) is 2. The van der Waals surface area contributed by atoms with Gasteiger partial charge in [0, 0.05) is 22.9 Å². The zero-order valence-electron chi connectivity index (χ0n) is 21.8. The number of benzene rings is 2. The number of aryl methyl sites for hydroxylation is 2. The molecule has 0 bridgehead atoms. The maximum atomic E-state index is 15.4. The Kier molecular flexibility index (Phi) is 5.93. The van der Waals surface area contributed by atoms with Gasteiger partial charge in [-0.3, -0.25) is 5.32 Å². The average Bonchev–Trinajstić information content (AvgIpc) is 3.58. The van der Waals surface area contributed by atoms with E-state index in [-0.39, 0.29) is 11.4 Å². The molecule has 0 saturated heterocycles. The summed E-state index contributed by atoms with van der Waals surface area (Å²) in [6, 6.07) is 8.09. The Morgan fingerprint density at radius 1 is 1.05 bits per heavy atom. The Morgan fingerprint density at radius 2 is 1.78 bits per heavy atom. The molecule has 6 nitrogen and oxygen atoms in total. The van der Waals surface area contributed by atoms with Crippen molar-refractivity contribution in [2.24, 2.45) is 0 Å². The van der Waals surface area contributed by atoms with Crippen LogP contribution in [0.3, 0.4) is 0 Å². The summed E-state index contributed by atoms with van der Waals surface area (Å²) in [7, 11) is 0. The smallest absolute Gasteiger partial charge is 0.412 e. The number of amides is 1. The SMILES string of the molecule is CC1=CC(=C2CC2)c2ccc(-c3c(C)noc3C)cc2N1c1cc(NC(=O)OC(C)(C)C)c(F)cc1F. The summed E-state index contributed by atoms with van der Waals surface area (Å²) in [6.07, 6.45) is 3.26. The average molecular weight is 506 g/mol. The number of ether oxygens (including phenoxy) is 1. The molecule has 0 atom stereocenters. The molecule has 1 saturated carbocycles. The molecule has 0 unspecified atom stereocenters. The summed E-state index contributed by atoms with van der Waals surface area (Å²) < 4.78 is 40.7. The molecule has 192 valence electrons. The molecule has 1 aliphatic heterocycles. The van der Waals surface area contributed by atoms with Gasteiger partial charge in [0.2, 0.25) is 0 Å². The number of rotatable bonds is 3. The van der Waals surface area contributed by atoms with Crippen LogP contribution in [0.2, 0.25) is 0 Å². The van der Waals surface area contributed by atoms with E-state index in [0.717, 1.165) is 58.2 Å². The van der Waals surface area contributed by atoms with E-state index in [1.165, 1.54) is 11.6 Å². The van der Waals surface area contributed by atoms with Crippen molar-refractivity contribution in [2.45, 2.75) is 60.0 Å². The molecule has 37 heavy (non-hydrogen) atoms. The highest BCUT2D eigenvalue weighted by Crippen LogP contribution is 2.48. The van der Waals surface area contributed by atoms with E-state index < -0.39 is 23.3 Å². The lowest BCUT2D eigenvalue weighted by Gasteiger charge is -2.33. The third-order valence-corrected chi connectivity index (χ3v) is 6.35. The highest BCUT2D eigenvalue weighted by molar-refractivity contribution is 5.95. The number of anilines is 3. The van der Waals surface area contributed by atoms with Crippen molar-refractivity contribution in [1.29, 1.82) is 0 Å². The normalized spacial score (nSPS) is 14.9. The standard InChI is InChI=1S/C29H29F2N3O3/c1-15-11-21(18-7-8-18)20-10-9-19(27-16(2)33-37-17(27)3)12-25(20)34(15)26-14-24(22(30)13-23(26)31)32-28(35)36-29(4,5)6/h9-14H,7-8H2,1-6H3,(H,32,35). The summed E-state index contributed by atoms with van der Waals surface area (Å²) in [5.74, 6) is -0.961. The van der Waals surface area contributed by atoms with Gasteiger partial charge >= 0.3 is 6.09 Å². The summed E-state index contributed by atoms with van der Waals surface area (Å²) in [5, 5.41) is 6.49. The lowest BCUT2D eigenvalue weighted by Crippen LogP contribution is -2.27. The van der Waals surface area contributed by atoms with Gasteiger partial charge in [-0.25, -0.2) is 13.6 Å². The van der Waals surface area contributed by atoms with Gasteiger partial charge in [-0.05, 0) is 83.7 Å². The number of fused-ring (bicyclic) bond motifs is 1. The van der Waals surface area contributed by atoms with Crippen LogP contribution in [0.1, 0.15) is 57.6 Å². The Hall–Kier alpha value is -3.94. The molecule has 1 fully saturated rings. The molecule has 1 amide bonds. The van der Waals surface area contributed by atoms with Crippen LogP contribution in [0.5, 0.6) is 0 Å². The number of halogens is 2. The van der Waals surface area contributed by atoms with E-state index in [2.05, 4.69) is 10.5 Å². The topological polar surface area (TPSA) is 67.6 Å². The van der Waals surface area contributed by atoms with E-state index >= 15 is 4.39 Å². The van der Waals surface area contributed by atoms with Crippen molar-refractivity contribution >= 4 is 28.7 Å². The Balaban J connectivity index is 1.64. The second-order valence-corrected chi connectivity index (χ2v) is 10.5. The van der Waals surface area contributed by atoms with Crippen molar-refractivity contribution < 1.29 is 22.8 Å². The molecule has 1 aliphatic carbocycles. The summed E-state index contributed by atoms with van der Waals surface area (Å²) in [5.41, 5.74) is 6.63. The minimum atomic E-state index is -0.892. The lowest BCUT2D eigenvalue weighted by molar-refractivity contribution is 0.0635. The number of hydrogen-bond acceptors (Lipinski definition) is 5. The van der Waals surface area contributed by atoms with Crippen LogP contribution in [-0.2, 0) is 4.74 Å². The number of carbonyl (C=O) groups is 1. The molecular formula is C29H29F2N3O3. The quantitative estimate of drug-likeness (QED) is 0.389. The second-order valence-electron chi connectivity index (χ2n) is 10.5. The van der Waals surface area contributed by atoms with Crippen molar-refractivity contribution in [3.63, 3.8) is 0 Å². The van der Waals surface area contributed by atoms with Gasteiger partial charge in [-0.15, -0.1) is 0 Å². The van der Waals surface area contributed by atoms with E-state index in [4.69, 9.17) is 9.26 Å². The van der Waals surface area contributed by atoms with Crippen LogP contribution in [0, 0.1) is 25.5 Å². The van der Waals surface area contributed by atoms with Gasteiger partial charge in [0.25, 0.3) is 0 Å². The van der Waals surface area contributed by atoms with Gasteiger partial charge in [-0.2, -0.15) is 0 Å². The first-order valence-corrected chi connectivity index (χ1v) is 12.2. The summed E-state index contributed by atoms with van der Waals surface area (Å²) >= 11 is 0. The first-order chi connectivity index (χ1) is 17.4. The maximum absolute atomic E-state index is 15.4. The molecule has 5 rings (SSSR count). The largest absolute Gasteiger partial charge is 0.444 e. The van der Waals surface area contributed by atoms with E-state index in [1.54, 1.807) is 25.7 Å². The molecule has 3 aromatic rings. The molecule has 8 heteroatoms. The molecule has 2 heterocycles. The zero-order valence-corrected chi connectivity index (χ0v) is 21.8. The van der Waals surface area contributed by atoms with E-state index in [0.29, 0.717) is 5.76 Å². The third-order valence-electron chi connectivity index (χ3n) is 6.35. The van der Waals surface area contributed by atoms with Gasteiger partial charge in [0.1, 0.15) is 23.0 Å². The van der Waals surface area contributed by atoms with Crippen LogP contribution >= 0.6 is 0 Å². The van der Waals surface area contributed by atoms with Crippen molar-refractivity contribution in [1.82, 2.24) is 5.16 Å². The predicted molar refractivity (Wildman–Crippen MR) is 140 cm³/mol. The van der Waals surface area contributed by atoms with Crippen LogP contribution in [0.25, 0.3) is 16.7 Å². The van der Waals surface area contributed by atoms with Gasteiger partial charge in [0.05, 0.1) is 22.8 Å². The molecule has 1 aromatic heterocycles. The van der Waals surface area contributed by atoms with Crippen LogP contribution in [-0.4, -0.2) is 16.9 Å². The van der Waals surface area contributed by atoms with Crippen LogP contribution < -0.4 is 10.2 Å². The fourth-order valence-electron chi connectivity index (χ4n) is 4.70. The second kappa shape index (κ2) is 8.87. The number of aromatic nitrogens is 1. The number of hydrogen-bond donors (Lipinski definition) is 1. The van der Waals surface area contributed by atoms with Gasteiger partial charge in [-0.1, -0.05) is 22.9 Å². The third kappa shape index (κ3) is 4.75. The van der Waals surface area contributed by atoms with Gasteiger partial charge in [0.15, 0.2) is 0 Å². The summed E-state index contributed by atoms with van der Waals surface area (Å²) in [4.78, 5) is 14.1. The van der Waals surface area contributed by atoms with Gasteiger partial charge < -0.3 is 14.2 Å². The van der Waals surface area contributed by atoms with E-state index in [1.807, 2.05) is 45.0 Å². The molecule has 0 spiro atoms. The molecule has 1 N–H and O–H groups in total. The molecule has 2 aromatic carbocycles. The fraction of sp³-hybridized carbons (Fsp3) is 0.310. The Labute approximate surface area is 214 Å². The highest BCUT2D eigenvalue weighted by Gasteiger charge is 2.30. The Bertz CT molecular complexity index is 1470. The van der Waals surface area contributed by atoms with Crippen LogP contribution in [0.15, 0.2) is 52.2 Å². The van der Waals surface area contributed by atoms with Crippen molar-refractivity contribution in [3.05, 3.63) is 76.3 Å². The van der Waals surface area contributed by atoms with E-state index in [9.17, 15) is 9.18 Å². The minimum Gasteiger partial charge on any atom is -0.444 e. The fourth-order valence-corrected chi connectivity index (χ4v) is 4.70. The lowest BCUT2D eigenvalue weighted by atomic mass is 9.92. The molecule has 2 aliphatic rings. The molecular weight excluding hydrogens is 476 g/mol. The number of allylic oxidation sites excluding steroid dienone is 4. The van der Waals surface area contributed by atoms with Crippen LogP contribution in [0.4, 0.5) is 30.6 Å². The maximum Gasteiger partial charge on any atom is 0.412 e. The monoisotopic (exact) mass is 505 g/mol. The Morgan fingerprint density at radius 3 is 2.41 bits per heavy atom. The zero-order chi connectivity index (χ0) is 26.6.